The van der Waals surface area contributed by atoms with Gasteiger partial charge in [-0.15, -0.1) is 11.8 Å². The maximum atomic E-state index is 13.7. The van der Waals surface area contributed by atoms with E-state index >= 15 is 0 Å². The molecule has 0 radical (unpaired) electrons. The van der Waals surface area contributed by atoms with E-state index in [1.54, 1.807) is 38.3 Å². The normalized spacial score (nSPS) is 11.8. The lowest BCUT2D eigenvalue weighted by Crippen LogP contribution is -2.26. The molecule has 7 nitrogen and oxygen atoms in total. The third-order valence-electron chi connectivity index (χ3n) is 5.63. The average Bonchev–Trinajstić information content (AvgIpc) is 3.38. The third-order valence-corrected chi connectivity index (χ3v) is 6.83. The molecule has 2 N–H and O–H groups in total. The summed E-state index contributed by atoms with van der Waals surface area (Å²) >= 11 is 1.24. The highest BCUT2D eigenvalue weighted by Gasteiger charge is 2.34. The van der Waals surface area contributed by atoms with Crippen molar-refractivity contribution in [3.05, 3.63) is 96.0 Å². The smallest absolute Gasteiger partial charge is 0.419 e. The summed E-state index contributed by atoms with van der Waals surface area (Å²) in [7, 11) is 0. The van der Waals surface area contributed by atoms with Crippen molar-refractivity contribution in [3.63, 3.8) is 0 Å². The predicted octanol–water partition coefficient (Wildman–Crippen LogP) is 7.13. The minimum absolute atomic E-state index is 0.0170. The predicted molar refractivity (Wildman–Crippen MR) is 139 cm³/mol. The fraction of sp³-hybridized carbons (Fsp3) is 0.222. The van der Waals surface area contributed by atoms with Crippen molar-refractivity contribution in [2.24, 2.45) is 0 Å². The summed E-state index contributed by atoms with van der Waals surface area (Å²) in [6, 6.07) is 15.2. The highest BCUT2D eigenvalue weighted by Crippen LogP contribution is 2.34. The maximum absolute atomic E-state index is 13.7. The Hall–Kier alpha value is -4.06. The number of carbonyl (C=O) groups is 1. The molecule has 0 unspecified atom stereocenters. The molecule has 0 saturated carbocycles. The van der Waals surface area contributed by atoms with Gasteiger partial charge in [0.25, 0.3) is 0 Å². The molecule has 0 bridgehead atoms. The number of nitrogens with zero attached hydrogens (tertiary/aromatic N) is 3. The van der Waals surface area contributed by atoms with E-state index in [9.17, 15) is 27.5 Å². The quantitative estimate of drug-likeness (QED) is 0.156. The van der Waals surface area contributed by atoms with Gasteiger partial charge >= 0.3 is 12.1 Å². The molecule has 39 heavy (non-hydrogen) atoms. The number of rotatable bonds is 10. The first kappa shape index (κ1) is 28.0. The molecule has 0 spiro atoms. The molecule has 2 aromatic heterocycles. The maximum Gasteiger partial charge on any atom is 0.419 e. The second-order valence-electron chi connectivity index (χ2n) is 9.08. The van der Waals surface area contributed by atoms with Crippen LogP contribution in [0.2, 0.25) is 0 Å². The molecular weight excluding hydrogens is 536 g/mol. The first-order valence-electron chi connectivity index (χ1n) is 11.7. The van der Waals surface area contributed by atoms with Crippen LogP contribution in [0.1, 0.15) is 30.7 Å². The van der Waals surface area contributed by atoms with Crippen LogP contribution >= 0.6 is 11.8 Å². The fourth-order valence-electron chi connectivity index (χ4n) is 3.59. The Morgan fingerprint density at radius 1 is 1.05 bits per heavy atom. The van der Waals surface area contributed by atoms with Crippen molar-refractivity contribution in [1.82, 2.24) is 9.97 Å². The molecule has 0 fully saturated rings. The Morgan fingerprint density at radius 3 is 2.44 bits per heavy atom. The topological polar surface area (TPSA) is 91.5 Å². The number of carboxylic acid groups (broad SMARTS) is 1. The standard InChI is InChI=1S/C27H24F4N4O3S/c1-26(2,25(36)37)39-20-8-5-17(6-9-20)14-35(15-19-4-3-11-38-19)24-13-23(32-16-33-24)34-18-7-10-22(28)21(12-18)27(29,30)31/h3-13,16H,14-15H2,1-2H3,(H,36,37)(H,32,33,34). The summed E-state index contributed by atoms with van der Waals surface area (Å²) in [6.45, 7) is 3.99. The molecule has 2 aromatic carbocycles. The van der Waals surface area contributed by atoms with Crippen molar-refractivity contribution in [2.45, 2.75) is 42.8 Å². The molecule has 0 aliphatic carbocycles. The Balaban J connectivity index is 1.57. The van der Waals surface area contributed by atoms with Crippen LogP contribution in [0.4, 0.5) is 34.9 Å². The SMILES string of the molecule is CC(C)(Sc1ccc(CN(Cc2ccco2)c2cc(Nc3ccc(F)c(C(F)(F)F)c3)ncn2)cc1)C(=O)O. The van der Waals surface area contributed by atoms with Gasteiger partial charge in [0.1, 0.15) is 34.3 Å². The van der Waals surface area contributed by atoms with E-state index < -0.39 is 28.3 Å². The molecule has 204 valence electrons. The molecule has 0 aliphatic heterocycles. The van der Waals surface area contributed by atoms with Crippen LogP contribution < -0.4 is 10.2 Å². The number of carboxylic acids is 1. The van der Waals surface area contributed by atoms with Crippen molar-refractivity contribution < 1.29 is 31.9 Å². The number of aliphatic carboxylic acids is 1. The fourth-order valence-corrected chi connectivity index (χ4v) is 4.54. The Kier molecular flexibility index (Phi) is 8.14. The van der Waals surface area contributed by atoms with Crippen molar-refractivity contribution in [1.29, 1.82) is 0 Å². The van der Waals surface area contributed by atoms with Gasteiger partial charge in [0.2, 0.25) is 0 Å². The second kappa shape index (κ2) is 11.4. The Labute approximate surface area is 225 Å². The van der Waals surface area contributed by atoms with Crippen LogP contribution in [-0.4, -0.2) is 25.8 Å². The van der Waals surface area contributed by atoms with Gasteiger partial charge in [0, 0.05) is 23.2 Å². The van der Waals surface area contributed by atoms with Gasteiger partial charge in [0.15, 0.2) is 0 Å². The number of hydrogen-bond donors (Lipinski definition) is 2. The summed E-state index contributed by atoms with van der Waals surface area (Å²) in [6.07, 6.45) is -2.02. The van der Waals surface area contributed by atoms with E-state index in [4.69, 9.17) is 4.42 Å². The van der Waals surface area contributed by atoms with Gasteiger partial charge in [0.05, 0.1) is 18.4 Å². The molecule has 0 atom stereocenters. The van der Waals surface area contributed by atoms with Gasteiger partial charge in [-0.2, -0.15) is 13.2 Å². The summed E-state index contributed by atoms with van der Waals surface area (Å²) in [5.41, 5.74) is -0.460. The van der Waals surface area contributed by atoms with Crippen LogP contribution in [-0.2, 0) is 24.1 Å². The van der Waals surface area contributed by atoms with Gasteiger partial charge in [-0.05, 0) is 61.9 Å². The molecule has 0 saturated heterocycles. The van der Waals surface area contributed by atoms with Gasteiger partial charge in [-0.3, -0.25) is 4.79 Å². The number of thioether (sulfide) groups is 1. The summed E-state index contributed by atoms with van der Waals surface area (Å²) in [5.74, 6) is -0.937. The zero-order valence-electron chi connectivity index (χ0n) is 20.9. The van der Waals surface area contributed by atoms with Crippen LogP contribution in [0.15, 0.2) is 82.6 Å². The van der Waals surface area contributed by atoms with Crippen LogP contribution in [0, 0.1) is 5.82 Å². The van der Waals surface area contributed by atoms with E-state index in [1.165, 1.54) is 24.2 Å². The van der Waals surface area contributed by atoms with E-state index in [0.29, 0.717) is 30.7 Å². The van der Waals surface area contributed by atoms with Crippen LogP contribution in [0.25, 0.3) is 0 Å². The second-order valence-corrected chi connectivity index (χ2v) is 10.8. The van der Waals surface area contributed by atoms with Crippen LogP contribution in [0.3, 0.4) is 0 Å². The molecule has 4 rings (SSSR count). The Bertz CT molecular complexity index is 1430. The number of benzene rings is 2. The summed E-state index contributed by atoms with van der Waals surface area (Å²) in [4.78, 5) is 22.6. The molecule has 2 heterocycles. The van der Waals surface area contributed by atoms with Crippen molar-refractivity contribution >= 4 is 35.1 Å². The first-order chi connectivity index (χ1) is 18.4. The average molecular weight is 561 g/mol. The van der Waals surface area contributed by atoms with E-state index in [2.05, 4.69) is 15.3 Å². The number of halogens is 4. The summed E-state index contributed by atoms with van der Waals surface area (Å²) in [5, 5.41) is 12.2. The monoisotopic (exact) mass is 560 g/mol. The highest BCUT2D eigenvalue weighted by atomic mass is 32.2. The van der Waals surface area contributed by atoms with E-state index in [-0.39, 0.29) is 11.5 Å². The minimum Gasteiger partial charge on any atom is -0.480 e. The summed E-state index contributed by atoms with van der Waals surface area (Å²) < 4.78 is 57.6. The van der Waals surface area contributed by atoms with Gasteiger partial charge < -0.3 is 19.7 Å². The zero-order valence-corrected chi connectivity index (χ0v) is 21.7. The number of anilines is 3. The van der Waals surface area contributed by atoms with Crippen molar-refractivity contribution in [2.75, 3.05) is 10.2 Å². The van der Waals surface area contributed by atoms with Gasteiger partial charge in [-0.25, -0.2) is 14.4 Å². The van der Waals surface area contributed by atoms with E-state index in [1.807, 2.05) is 29.2 Å². The zero-order chi connectivity index (χ0) is 28.2. The van der Waals surface area contributed by atoms with Crippen LogP contribution in [0.5, 0.6) is 0 Å². The molecule has 0 amide bonds. The molecular formula is C27H24F4N4O3S. The number of aromatic nitrogens is 2. The lowest BCUT2D eigenvalue weighted by molar-refractivity contribution is -0.140. The molecule has 4 aromatic rings. The number of nitrogens with one attached hydrogen (secondary N) is 1. The molecule has 0 aliphatic rings. The first-order valence-corrected chi connectivity index (χ1v) is 12.5. The third kappa shape index (κ3) is 7.29. The number of hydrogen-bond acceptors (Lipinski definition) is 7. The van der Waals surface area contributed by atoms with E-state index in [0.717, 1.165) is 16.5 Å². The van der Waals surface area contributed by atoms with Crippen molar-refractivity contribution in [3.8, 4) is 0 Å². The minimum atomic E-state index is -4.84. The largest absolute Gasteiger partial charge is 0.480 e. The number of furan rings is 1. The highest BCUT2D eigenvalue weighted by molar-refractivity contribution is 8.01. The lowest BCUT2D eigenvalue weighted by atomic mass is 10.2. The molecule has 12 heteroatoms. The number of alkyl halides is 3. The van der Waals surface area contributed by atoms with Gasteiger partial charge in [-0.1, -0.05) is 12.1 Å². The lowest BCUT2D eigenvalue weighted by Gasteiger charge is -2.24. The Morgan fingerprint density at radius 2 is 1.79 bits per heavy atom.